The van der Waals surface area contributed by atoms with Gasteiger partial charge in [-0.25, -0.2) is 0 Å². The molecule has 0 unspecified atom stereocenters. The Morgan fingerprint density at radius 3 is 2.50 bits per heavy atom. The molecule has 0 amide bonds. The summed E-state index contributed by atoms with van der Waals surface area (Å²) in [5.74, 6) is 2.11. The van der Waals surface area contributed by atoms with Crippen molar-refractivity contribution in [1.82, 2.24) is 5.32 Å². The molecule has 1 saturated carbocycles. The van der Waals surface area contributed by atoms with E-state index in [0.717, 1.165) is 17.9 Å². The molecule has 3 atom stereocenters. The van der Waals surface area contributed by atoms with E-state index < -0.39 is 0 Å². The maximum atomic E-state index is 3.48. The summed E-state index contributed by atoms with van der Waals surface area (Å²) in [4.78, 5) is 0. The predicted octanol–water partition coefficient (Wildman–Crippen LogP) is 1.00. The Morgan fingerprint density at radius 1 is 1.38 bits per heavy atom. The van der Waals surface area contributed by atoms with Gasteiger partial charge in [0, 0.05) is 6.04 Å². The molecule has 1 heterocycles. The highest BCUT2D eigenvalue weighted by molar-refractivity contribution is 4.94. The summed E-state index contributed by atoms with van der Waals surface area (Å²) in [5, 5.41) is 3.48. The minimum Gasteiger partial charge on any atom is -0.314 e. The summed E-state index contributed by atoms with van der Waals surface area (Å²) in [5.41, 5.74) is 0. The molecule has 2 aliphatic rings. The Bertz CT molecular complexity index is 94.6. The second-order valence-electron chi connectivity index (χ2n) is 3.20. The first kappa shape index (κ1) is 4.80. The SMILES string of the molecule is C[C@H]1NC[C@H]2CC[C@H]21. The maximum Gasteiger partial charge on any atom is 0.00702 e. The van der Waals surface area contributed by atoms with Crippen LogP contribution in [-0.4, -0.2) is 12.6 Å². The van der Waals surface area contributed by atoms with E-state index >= 15 is 0 Å². The van der Waals surface area contributed by atoms with E-state index in [1.165, 1.54) is 19.4 Å². The fourth-order valence-electron chi connectivity index (χ4n) is 2.00. The Balaban J connectivity index is 2.05. The van der Waals surface area contributed by atoms with Crippen molar-refractivity contribution in [1.29, 1.82) is 0 Å². The fraction of sp³-hybridized carbons (Fsp3) is 1.00. The van der Waals surface area contributed by atoms with Crippen molar-refractivity contribution in [3.8, 4) is 0 Å². The van der Waals surface area contributed by atoms with Crippen LogP contribution in [0.25, 0.3) is 0 Å². The molecule has 1 aliphatic carbocycles. The molecule has 0 spiro atoms. The van der Waals surface area contributed by atoms with Gasteiger partial charge in [0.15, 0.2) is 0 Å². The molecule has 1 N–H and O–H groups in total. The Labute approximate surface area is 50.5 Å². The van der Waals surface area contributed by atoms with Crippen molar-refractivity contribution in [3.63, 3.8) is 0 Å². The molecule has 8 heavy (non-hydrogen) atoms. The molecule has 1 heteroatoms. The number of nitrogens with one attached hydrogen (secondary N) is 1. The molecular weight excluding hydrogens is 98.1 g/mol. The van der Waals surface area contributed by atoms with Crippen LogP contribution in [0.3, 0.4) is 0 Å². The maximum absolute atomic E-state index is 3.48. The molecule has 1 saturated heterocycles. The average molecular weight is 111 g/mol. The van der Waals surface area contributed by atoms with Crippen molar-refractivity contribution >= 4 is 0 Å². The van der Waals surface area contributed by atoms with Gasteiger partial charge in [-0.1, -0.05) is 0 Å². The summed E-state index contributed by atoms with van der Waals surface area (Å²) in [6.07, 6.45) is 2.97. The van der Waals surface area contributed by atoms with Gasteiger partial charge in [0.05, 0.1) is 0 Å². The standard InChI is InChI=1S/C7H13N/c1-5-7-3-2-6(7)4-8-5/h5-8H,2-4H2,1H3/t5-,6-,7+/m1/s1. The zero-order chi connectivity index (χ0) is 5.56. The van der Waals surface area contributed by atoms with Gasteiger partial charge >= 0.3 is 0 Å². The van der Waals surface area contributed by atoms with Crippen LogP contribution in [0.4, 0.5) is 0 Å². The molecule has 1 aliphatic heterocycles. The highest BCUT2D eigenvalue weighted by Crippen LogP contribution is 2.39. The number of hydrogen-bond acceptors (Lipinski definition) is 1. The van der Waals surface area contributed by atoms with Crippen LogP contribution in [-0.2, 0) is 0 Å². The Morgan fingerprint density at radius 2 is 2.25 bits per heavy atom. The third-order valence-electron chi connectivity index (χ3n) is 2.82. The van der Waals surface area contributed by atoms with E-state index in [1.54, 1.807) is 0 Å². The van der Waals surface area contributed by atoms with Gasteiger partial charge in [-0.05, 0) is 38.1 Å². The molecule has 2 fully saturated rings. The monoisotopic (exact) mass is 111 g/mol. The lowest BCUT2D eigenvalue weighted by molar-refractivity contribution is 0.215. The quantitative estimate of drug-likeness (QED) is 0.492. The molecule has 2 rings (SSSR count). The van der Waals surface area contributed by atoms with Crippen molar-refractivity contribution in [2.45, 2.75) is 25.8 Å². The summed E-state index contributed by atoms with van der Waals surface area (Å²) < 4.78 is 0. The highest BCUT2D eigenvalue weighted by atomic mass is 15.0. The van der Waals surface area contributed by atoms with E-state index in [1.807, 2.05) is 0 Å². The van der Waals surface area contributed by atoms with Crippen molar-refractivity contribution in [2.24, 2.45) is 11.8 Å². The van der Waals surface area contributed by atoms with E-state index in [0.29, 0.717) is 0 Å². The van der Waals surface area contributed by atoms with E-state index in [9.17, 15) is 0 Å². The first-order valence-corrected chi connectivity index (χ1v) is 3.61. The minimum atomic E-state index is 0.828. The summed E-state index contributed by atoms with van der Waals surface area (Å²) >= 11 is 0. The van der Waals surface area contributed by atoms with Crippen LogP contribution in [0.15, 0.2) is 0 Å². The highest BCUT2D eigenvalue weighted by Gasteiger charge is 2.39. The van der Waals surface area contributed by atoms with Crippen molar-refractivity contribution in [2.75, 3.05) is 6.54 Å². The number of fused-ring (bicyclic) bond motifs is 1. The van der Waals surface area contributed by atoms with E-state index in [4.69, 9.17) is 0 Å². The van der Waals surface area contributed by atoms with E-state index in [-0.39, 0.29) is 0 Å². The normalized spacial score (nSPS) is 52.9. The second-order valence-corrected chi connectivity index (χ2v) is 3.20. The van der Waals surface area contributed by atoms with Gasteiger partial charge in [0.2, 0.25) is 0 Å². The van der Waals surface area contributed by atoms with Crippen LogP contribution in [0.1, 0.15) is 19.8 Å². The van der Waals surface area contributed by atoms with Crippen LogP contribution >= 0.6 is 0 Å². The molecule has 46 valence electrons. The zero-order valence-electron chi connectivity index (χ0n) is 5.35. The molecule has 1 nitrogen and oxygen atoms in total. The number of hydrogen-bond donors (Lipinski definition) is 1. The minimum absolute atomic E-state index is 0.828. The van der Waals surface area contributed by atoms with Crippen molar-refractivity contribution < 1.29 is 0 Å². The topological polar surface area (TPSA) is 12.0 Å². The van der Waals surface area contributed by atoms with Crippen LogP contribution in [0.2, 0.25) is 0 Å². The van der Waals surface area contributed by atoms with Gasteiger partial charge in [-0.3, -0.25) is 0 Å². The second kappa shape index (κ2) is 1.47. The van der Waals surface area contributed by atoms with Gasteiger partial charge in [-0.2, -0.15) is 0 Å². The summed E-state index contributed by atoms with van der Waals surface area (Å²) in [7, 11) is 0. The molecule has 0 aromatic heterocycles. The third-order valence-corrected chi connectivity index (χ3v) is 2.82. The fourth-order valence-corrected chi connectivity index (χ4v) is 2.00. The van der Waals surface area contributed by atoms with Crippen LogP contribution < -0.4 is 5.32 Å². The molecule has 0 bridgehead atoms. The smallest absolute Gasteiger partial charge is 0.00702 e. The predicted molar refractivity (Wildman–Crippen MR) is 33.7 cm³/mol. The lowest BCUT2D eigenvalue weighted by Crippen LogP contribution is -2.28. The van der Waals surface area contributed by atoms with Gasteiger partial charge in [0.25, 0.3) is 0 Å². The molecule has 0 aromatic rings. The Hall–Kier alpha value is -0.0400. The van der Waals surface area contributed by atoms with E-state index in [2.05, 4.69) is 12.2 Å². The third kappa shape index (κ3) is 0.455. The molecule has 0 aromatic carbocycles. The first-order valence-electron chi connectivity index (χ1n) is 3.61. The zero-order valence-corrected chi connectivity index (χ0v) is 5.35. The van der Waals surface area contributed by atoms with Gasteiger partial charge < -0.3 is 5.32 Å². The lowest BCUT2D eigenvalue weighted by atomic mass is 9.73. The van der Waals surface area contributed by atoms with Gasteiger partial charge in [0.1, 0.15) is 0 Å². The molecular formula is C7H13N. The summed E-state index contributed by atoms with van der Waals surface area (Å²) in [6, 6.07) is 0.828. The lowest BCUT2D eigenvalue weighted by Gasteiger charge is -2.31. The van der Waals surface area contributed by atoms with Crippen molar-refractivity contribution in [3.05, 3.63) is 0 Å². The first-order chi connectivity index (χ1) is 3.88. The van der Waals surface area contributed by atoms with Crippen LogP contribution in [0, 0.1) is 11.8 Å². The number of rotatable bonds is 0. The van der Waals surface area contributed by atoms with Crippen LogP contribution in [0.5, 0.6) is 0 Å². The van der Waals surface area contributed by atoms with Gasteiger partial charge in [-0.15, -0.1) is 0 Å². The largest absolute Gasteiger partial charge is 0.314 e. The summed E-state index contributed by atoms with van der Waals surface area (Å²) in [6.45, 7) is 3.61. The average Bonchev–Trinajstić information content (AvgIpc) is 1.80. The Kier molecular flexibility index (Phi) is 0.884. The molecule has 0 radical (unpaired) electrons.